The summed E-state index contributed by atoms with van der Waals surface area (Å²) in [6, 6.07) is 5.82. The van der Waals surface area contributed by atoms with E-state index >= 15 is 0 Å². The zero-order valence-electron chi connectivity index (χ0n) is 20.7. The molecule has 0 spiro atoms. The van der Waals surface area contributed by atoms with E-state index in [1.165, 1.54) is 0 Å². The molecule has 1 atom stereocenters. The molecule has 0 bridgehead atoms. The zero-order valence-corrected chi connectivity index (χ0v) is 21.5. The van der Waals surface area contributed by atoms with Gasteiger partial charge in [0, 0.05) is 35.6 Å². The number of esters is 1. The van der Waals surface area contributed by atoms with Crippen LogP contribution < -0.4 is 10.2 Å². The van der Waals surface area contributed by atoms with Crippen LogP contribution in [0.4, 0.5) is 0 Å². The highest BCUT2D eigenvalue weighted by molar-refractivity contribution is 7.15. The minimum Gasteiger partial charge on any atom is -0.496 e. The fourth-order valence-corrected chi connectivity index (χ4v) is 5.61. The highest BCUT2D eigenvalue weighted by atomic mass is 32.1. The van der Waals surface area contributed by atoms with E-state index < -0.39 is 5.97 Å². The molecule has 0 aliphatic carbocycles. The van der Waals surface area contributed by atoms with Crippen molar-refractivity contribution in [3.05, 3.63) is 57.0 Å². The summed E-state index contributed by atoms with van der Waals surface area (Å²) in [7, 11) is 1.66. The van der Waals surface area contributed by atoms with E-state index in [1.54, 1.807) is 37.6 Å². The van der Waals surface area contributed by atoms with E-state index in [2.05, 4.69) is 43.3 Å². The Balaban J connectivity index is 1.91. The molecular weight excluding hydrogens is 448 g/mol. The summed E-state index contributed by atoms with van der Waals surface area (Å²) in [6.07, 6.45) is 6.39. The first-order chi connectivity index (χ1) is 16.2. The second-order valence-electron chi connectivity index (χ2n) is 9.73. The molecule has 3 aromatic rings. The summed E-state index contributed by atoms with van der Waals surface area (Å²) >= 11 is 1.70. The standard InChI is InChI=1S/C27H32N2O4S/c1-7-9-25-28-14-23(34-25)18-10-16-11-24(27(3,4)5)29-15-19(26(31)33-8-2)21(30)13-20(29)17(16)12-22(18)32-6/h10,12-15,24H,7-9,11H2,1-6H3. The molecule has 4 rings (SSSR count). The van der Waals surface area contributed by atoms with Crippen LogP contribution in [0.3, 0.4) is 0 Å². The fourth-order valence-electron chi connectivity index (χ4n) is 4.57. The van der Waals surface area contributed by atoms with Gasteiger partial charge in [-0.25, -0.2) is 9.78 Å². The summed E-state index contributed by atoms with van der Waals surface area (Å²) in [5.74, 6) is 0.162. The van der Waals surface area contributed by atoms with Crippen LogP contribution in [-0.2, 0) is 17.6 Å². The SMILES string of the molecule is CCCc1ncc(-c2cc3c(cc2OC)-c2cc(=O)c(C(=O)OCC)cn2C(C(C)(C)C)C3)s1. The third kappa shape index (κ3) is 4.41. The van der Waals surface area contributed by atoms with Gasteiger partial charge in [0.05, 0.1) is 29.3 Å². The third-order valence-corrected chi connectivity index (χ3v) is 7.40. The van der Waals surface area contributed by atoms with Crippen LogP contribution in [0.1, 0.15) is 68.0 Å². The number of fused-ring (bicyclic) bond motifs is 3. The molecule has 2 aromatic heterocycles. The number of nitrogens with zero attached hydrogens (tertiary/aromatic N) is 2. The molecule has 1 aromatic carbocycles. The summed E-state index contributed by atoms with van der Waals surface area (Å²) in [5.41, 5.74) is 3.55. The van der Waals surface area contributed by atoms with Crippen molar-refractivity contribution in [1.29, 1.82) is 0 Å². The van der Waals surface area contributed by atoms with Crippen LogP contribution in [0.15, 0.2) is 35.4 Å². The van der Waals surface area contributed by atoms with Gasteiger partial charge in [0.15, 0.2) is 5.43 Å². The molecule has 0 amide bonds. The van der Waals surface area contributed by atoms with Crippen molar-refractivity contribution in [3.63, 3.8) is 0 Å². The number of carbonyl (C=O) groups excluding carboxylic acids is 1. The van der Waals surface area contributed by atoms with Crippen molar-refractivity contribution in [2.45, 2.75) is 59.9 Å². The van der Waals surface area contributed by atoms with Gasteiger partial charge in [0.2, 0.25) is 0 Å². The number of aromatic nitrogens is 2. The first kappa shape index (κ1) is 24.2. The minimum absolute atomic E-state index is 0.0575. The number of benzene rings is 1. The molecule has 1 aliphatic rings. The van der Waals surface area contributed by atoms with Gasteiger partial charge >= 0.3 is 5.97 Å². The molecular formula is C27H32N2O4S. The summed E-state index contributed by atoms with van der Waals surface area (Å²) in [4.78, 5) is 31.0. The number of carbonyl (C=O) groups is 1. The maximum absolute atomic E-state index is 12.9. The van der Waals surface area contributed by atoms with Crippen molar-refractivity contribution >= 4 is 17.3 Å². The summed E-state index contributed by atoms with van der Waals surface area (Å²) < 4.78 is 13.0. The van der Waals surface area contributed by atoms with Crippen LogP contribution in [0.5, 0.6) is 5.75 Å². The van der Waals surface area contributed by atoms with E-state index in [0.29, 0.717) is 0 Å². The molecule has 7 heteroatoms. The molecule has 0 saturated heterocycles. The van der Waals surface area contributed by atoms with Gasteiger partial charge in [-0.2, -0.15) is 0 Å². The Kier molecular flexibility index (Phi) is 6.67. The molecule has 0 saturated carbocycles. The quantitative estimate of drug-likeness (QED) is 0.410. The van der Waals surface area contributed by atoms with Crippen molar-refractivity contribution in [2.75, 3.05) is 13.7 Å². The average molecular weight is 481 g/mol. The Bertz CT molecular complexity index is 1280. The third-order valence-electron chi connectivity index (χ3n) is 6.31. The zero-order chi connectivity index (χ0) is 24.6. The number of ether oxygens (including phenoxy) is 2. The first-order valence-electron chi connectivity index (χ1n) is 11.8. The van der Waals surface area contributed by atoms with Gasteiger partial charge in [-0.15, -0.1) is 11.3 Å². The molecule has 34 heavy (non-hydrogen) atoms. The highest BCUT2D eigenvalue weighted by Crippen LogP contribution is 2.46. The summed E-state index contributed by atoms with van der Waals surface area (Å²) in [6.45, 7) is 10.7. The van der Waals surface area contributed by atoms with Crippen molar-refractivity contribution in [3.8, 4) is 27.4 Å². The molecule has 0 fully saturated rings. The number of aryl methyl sites for hydroxylation is 1. The normalized spacial score (nSPS) is 14.9. The van der Waals surface area contributed by atoms with E-state index in [0.717, 1.165) is 57.3 Å². The number of hydrogen-bond acceptors (Lipinski definition) is 6. The van der Waals surface area contributed by atoms with Gasteiger partial charge in [-0.05, 0) is 49.3 Å². The van der Waals surface area contributed by atoms with Crippen LogP contribution >= 0.6 is 11.3 Å². The second kappa shape index (κ2) is 9.37. The number of rotatable bonds is 6. The van der Waals surface area contributed by atoms with E-state index in [4.69, 9.17) is 9.47 Å². The van der Waals surface area contributed by atoms with Crippen molar-refractivity contribution in [2.24, 2.45) is 5.41 Å². The van der Waals surface area contributed by atoms with Gasteiger partial charge < -0.3 is 14.0 Å². The lowest BCUT2D eigenvalue weighted by molar-refractivity contribution is 0.0523. The minimum atomic E-state index is -0.581. The largest absolute Gasteiger partial charge is 0.496 e. The maximum Gasteiger partial charge on any atom is 0.343 e. The topological polar surface area (TPSA) is 70.4 Å². The van der Waals surface area contributed by atoms with Gasteiger partial charge in [0.1, 0.15) is 11.3 Å². The maximum atomic E-state index is 12.9. The lowest BCUT2D eigenvalue weighted by Crippen LogP contribution is -2.33. The van der Waals surface area contributed by atoms with Gasteiger partial charge in [-0.1, -0.05) is 27.7 Å². The van der Waals surface area contributed by atoms with Crippen molar-refractivity contribution < 1.29 is 14.3 Å². The molecule has 0 N–H and O–H groups in total. The lowest BCUT2D eigenvalue weighted by Gasteiger charge is -2.39. The molecule has 0 radical (unpaired) electrons. The van der Waals surface area contributed by atoms with Gasteiger partial charge in [-0.3, -0.25) is 4.79 Å². The number of hydrogen-bond donors (Lipinski definition) is 0. The number of thiazole rings is 1. The van der Waals surface area contributed by atoms with Crippen LogP contribution in [0.25, 0.3) is 21.7 Å². The predicted molar refractivity (Wildman–Crippen MR) is 136 cm³/mol. The Morgan fingerprint density at radius 2 is 1.97 bits per heavy atom. The van der Waals surface area contributed by atoms with Gasteiger partial charge in [0.25, 0.3) is 0 Å². The first-order valence-corrected chi connectivity index (χ1v) is 12.6. The molecule has 1 unspecified atom stereocenters. The predicted octanol–water partition coefficient (Wildman–Crippen LogP) is 5.92. The molecule has 180 valence electrons. The smallest absolute Gasteiger partial charge is 0.343 e. The molecule has 1 aliphatic heterocycles. The second-order valence-corrected chi connectivity index (χ2v) is 10.8. The number of methoxy groups -OCH3 is 1. The van der Waals surface area contributed by atoms with E-state index in [1.807, 2.05) is 12.3 Å². The Labute approximate surface area is 204 Å². The molecule has 3 heterocycles. The highest BCUT2D eigenvalue weighted by Gasteiger charge is 2.34. The molecule has 6 nitrogen and oxygen atoms in total. The van der Waals surface area contributed by atoms with Crippen LogP contribution in [0, 0.1) is 5.41 Å². The van der Waals surface area contributed by atoms with Crippen LogP contribution in [0.2, 0.25) is 0 Å². The monoisotopic (exact) mass is 480 g/mol. The van der Waals surface area contributed by atoms with E-state index in [9.17, 15) is 9.59 Å². The fraction of sp³-hybridized carbons (Fsp3) is 0.444. The number of pyridine rings is 1. The van der Waals surface area contributed by atoms with E-state index in [-0.39, 0.29) is 29.1 Å². The summed E-state index contributed by atoms with van der Waals surface area (Å²) in [5, 5.41) is 1.12. The average Bonchev–Trinajstić information content (AvgIpc) is 3.25. The lowest BCUT2D eigenvalue weighted by atomic mass is 9.78. The van der Waals surface area contributed by atoms with Crippen molar-refractivity contribution in [1.82, 2.24) is 9.55 Å². The Morgan fingerprint density at radius 1 is 1.21 bits per heavy atom. The Hall–Kier alpha value is -2.93. The van der Waals surface area contributed by atoms with Crippen LogP contribution in [-0.4, -0.2) is 29.2 Å². The Morgan fingerprint density at radius 3 is 2.62 bits per heavy atom.